The summed E-state index contributed by atoms with van der Waals surface area (Å²) in [5.74, 6) is 0.490. The highest BCUT2D eigenvalue weighted by atomic mass is 16.5. The molecule has 0 spiro atoms. The monoisotopic (exact) mass is 365 g/mol. The minimum absolute atomic E-state index is 0.360. The lowest BCUT2D eigenvalue weighted by Gasteiger charge is -2.07. The summed E-state index contributed by atoms with van der Waals surface area (Å²) < 4.78 is 15.7. The molecular formula is C22H23NO4. The van der Waals surface area contributed by atoms with Crippen molar-refractivity contribution in [2.45, 2.75) is 26.2 Å². The highest BCUT2D eigenvalue weighted by molar-refractivity contribution is 5.90. The lowest BCUT2D eigenvalue weighted by molar-refractivity contribution is 0.0601. The van der Waals surface area contributed by atoms with Crippen LogP contribution in [0.3, 0.4) is 0 Å². The summed E-state index contributed by atoms with van der Waals surface area (Å²) in [5.41, 5.74) is 3.97. The van der Waals surface area contributed by atoms with Gasteiger partial charge in [-0.25, -0.2) is 4.79 Å². The van der Waals surface area contributed by atoms with Crippen LogP contribution in [0.5, 0.6) is 5.75 Å². The van der Waals surface area contributed by atoms with E-state index < -0.39 is 0 Å². The first-order chi connectivity index (χ1) is 13.2. The first kappa shape index (κ1) is 18.7. The Labute approximate surface area is 158 Å². The fraction of sp³-hybridized carbons (Fsp3) is 0.273. The number of carbonyl (C=O) groups excluding carboxylic acids is 1. The van der Waals surface area contributed by atoms with Crippen molar-refractivity contribution in [3.05, 3.63) is 60.4 Å². The molecule has 0 radical (unpaired) electrons. The highest BCUT2D eigenvalue weighted by Crippen LogP contribution is 2.32. The van der Waals surface area contributed by atoms with E-state index in [1.807, 2.05) is 36.4 Å². The zero-order chi connectivity index (χ0) is 19.1. The van der Waals surface area contributed by atoms with E-state index in [4.69, 9.17) is 14.0 Å². The van der Waals surface area contributed by atoms with Gasteiger partial charge in [-0.3, -0.25) is 0 Å². The molecule has 0 saturated carbocycles. The lowest BCUT2D eigenvalue weighted by atomic mass is 10.0. The number of esters is 1. The molecule has 140 valence electrons. The van der Waals surface area contributed by atoms with Crippen LogP contribution in [0.15, 0.2) is 59.3 Å². The molecule has 1 aromatic heterocycles. The zero-order valence-corrected chi connectivity index (χ0v) is 15.6. The summed E-state index contributed by atoms with van der Waals surface area (Å²) in [6.45, 7) is 2.90. The van der Waals surface area contributed by atoms with Crippen LogP contribution in [0.4, 0.5) is 0 Å². The number of methoxy groups -OCH3 is 1. The number of rotatable bonds is 8. The SMILES string of the molecule is CCCCCOc1ccc(-c2nocc2-c2ccc(C(=O)OC)cc2)cc1. The van der Waals surface area contributed by atoms with Crippen LogP contribution in [0.2, 0.25) is 0 Å². The second-order valence-corrected chi connectivity index (χ2v) is 6.23. The normalized spacial score (nSPS) is 10.6. The van der Waals surface area contributed by atoms with Gasteiger partial charge < -0.3 is 14.0 Å². The molecule has 0 aliphatic rings. The van der Waals surface area contributed by atoms with Crippen molar-refractivity contribution in [2.24, 2.45) is 0 Å². The Kier molecular flexibility index (Phi) is 6.26. The van der Waals surface area contributed by atoms with Gasteiger partial charge in [0.15, 0.2) is 0 Å². The Morgan fingerprint density at radius 2 is 1.70 bits per heavy atom. The molecule has 2 aromatic carbocycles. The van der Waals surface area contributed by atoms with Crippen LogP contribution < -0.4 is 4.74 Å². The van der Waals surface area contributed by atoms with Crippen molar-refractivity contribution in [3.63, 3.8) is 0 Å². The molecule has 27 heavy (non-hydrogen) atoms. The topological polar surface area (TPSA) is 61.6 Å². The van der Waals surface area contributed by atoms with E-state index in [2.05, 4.69) is 12.1 Å². The first-order valence-electron chi connectivity index (χ1n) is 9.09. The highest BCUT2D eigenvalue weighted by Gasteiger charge is 2.13. The standard InChI is InChI=1S/C22H23NO4/c1-3-4-5-14-26-19-12-10-17(11-13-19)21-20(15-27-23-21)16-6-8-18(9-7-16)22(24)25-2/h6-13,15H,3-5,14H2,1-2H3. The molecule has 3 aromatic rings. The van der Waals surface area contributed by atoms with E-state index in [0.29, 0.717) is 5.56 Å². The van der Waals surface area contributed by atoms with Crippen molar-refractivity contribution < 1.29 is 18.8 Å². The predicted molar refractivity (Wildman–Crippen MR) is 104 cm³/mol. The Hall–Kier alpha value is -3.08. The molecule has 0 atom stereocenters. The number of hydrogen-bond donors (Lipinski definition) is 0. The summed E-state index contributed by atoms with van der Waals surface area (Å²) in [6, 6.07) is 15.0. The third-order valence-electron chi connectivity index (χ3n) is 4.33. The fourth-order valence-electron chi connectivity index (χ4n) is 2.80. The maximum absolute atomic E-state index is 11.6. The Balaban J connectivity index is 1.75. The maximum Gasteiger partial charge on any atom is 0.337 e. The van der Waals surface area contributed by atoms with Gasteiger partial charge in [0.25, 0.3) is 0 Å². The van der Waals surface area contributed by atoms with Crippen LogP contribution in [0.25, 0.3) is 22.4 Å². The average molecular weight is 365 g/mol. The lowest BCUT2D eigenvalue weighted by Crippen LogP contribution is -2.00. The minimum Gasteiger partial charge on any atom is -0.494 e. The molecule has 0 unspecified atom stereocenters. The molecule has 1 heterocycles. The molecule has 0 saturated heterocycles. The van der Waals surface area contributed by atoms with E-state index in [9.17, 15) is 4.79 Å². The van der Waals surface area contributed by atoms with Crippen molar-refractivity contribution >= 4 is 5.97 Å². The molecule has 0 bridgehead atoms. The fourth-order valence-corrected chi connectivity index (χ4v) is 2.80. The van der Waals surface area contributed by atoms with E-state index in [-0.39, 0.29) is 5.97 Å². The molecule has 0 amide bonds. The van der Waals surface area contributed by atoms with Gasteiger partial charge in [0.2, 0.25) is 0 Å². The number of nitrogens with zero attached hydrogens (tertiary/aromatic N) is 1. The third-order valence-corrected chi connectivity index (χ3v) is 4.33. The maximum atomic E-state index is 11.6. The number of aromatic nitrogens is 1. The number of hydrogen-bond acceptors (Lipinski definition) is 5. The van der Waals surface area contributed by atoms with E-state index in [1.165, 1.54) is 20.0 Å². The Morgan fingerprint density at radius 3 is 2.37 bits per heavy atom. The van der Waals surface area contributed by atoms with Crippen LogP contribution in [0.1, 0.15) is 36.5 Å². The van der Waals surface area contributed by atoms with Crippen LogP contribution in [-0.2, 0) is 4.74 Å². The van der Waals surface area contributed by atoms with Crippen LogP contribution in [-0.4, -0.2) is 24.8 Å². The smallest absolute Gasteiger partial charge is 0.337 e. The van der Waals surface area contributed by atoms with Crippen molar-refractivity contribution in [1.82, 2.24) is 5.16 Å². The first-order valence-corrected chi connectivity index (χ1v) is 9.09. The summed E-state index contributed by atoms with van der Waals surface area (Å²) in [7, 11) is 1.37. The second-order valence-electron chi connectivity index (χ2n) is 6.23. The second kappa shape index (κ2) is 9.03. The third kappa shape index (κ3) is 4.56. The molecule has 5 heteroatoms. The van der Waals surface area contributed by atoms with Gasteiger partial charge in [-0.15, -0.1) is 0 Å². The molecule has 0 N–H and O–H groups in total. The van der Waals surface area contributed by atoms with Crippen molar-refractivity contribution in [3.8, 4) is 28.1 Å². The summed E-state index contributed by atoms with van der Waals surface area (Å²) in [5, 5.41) is 4.15. The molecule has 5 nitrogen and oxygen atoms in total. The van der Waals surface area contributed by atoms with Gasteiger partial charge in [0, 0.05) is 11.1 Å². The molecule has 3 rings (SSSR count). The number of unbranched alkanes of at least 4 members (excludes halogenated alkanes) is 2. The average Bonchev–Trinajstić information content (AvgIpc) is 3.21. The van der Waals surface area contributed by atoms with Gasteiger partial charge in [0.05, 0.1) is 19.3 Å². The molecule has 0 aliphatic carbocycles. The van der Waals surface area contributed by atoms with E-state index in [1.54, 1.807) is 18.4 Å². The van der Waals surface area contributed by atoms with Gasteiger partial charge in [-0.2, -0.15) is 0 Å². The number of ether oxygens (including phenoxy) is 2. The summed E-state index contributed by atoms with van der Waals surface area (Å²) in [4.78, 5) is 11.6. The molecule has 0 fully saturated rings. The van der Waals surface area contributed by atoms with Gasteiger partial charge in [0.1, 0.15) is 17.7 Å². The quantitative estimate of drug-likeness (QED) is 0.397. The van der Waals surface area contributed by atoms with Gasteiger partial charge >= 0.3 is 5.97 Å². The molecule has 0 aliphatic heterocycles. The Morgan fingerprint density at radius 1 is 1.00 bits per heavy atom. The largest absolute Gasteiger partial charge is 0.494 e. The Bertz CT molecular complexity index is 866. The van der Waals surface area contributed by atoms with Gasteiger partial charge in [-0.05, 0) is 48.4 Å². The molecular weight excluding hydrogens is 342 g/mol. The van der Waals surface area contributed by atoms with Crippen LogP contribution >= 0.6 is 0 Å². The number of carbonyl (C=O) groups is 1. The van der Waals surface area contributed by atoms with E-state index in [0.717, 1.165) is 41.2 Å². The number of benzene rings is 2. The summed E-state index contributed by atoms with van der Waals surface area (Å²) in [6.07, 6.45) is 5.03. The van der Waals surface area contributed by atoms with E-state index >= 15 is 0 Å². The summed E-state index contributed by atoms with van der Waals surface area (Å²) >= 11 is 0. The predicted octanol–water partition coefficient (Wildman–Crippen LogP) is 5.36. The zero-order valence-electron chi connectivity index (χ0n) is 15.6. The van der Waals surface area contributed by atoms with Crippen LogP contribution in [0, 0.1) is 0 Å². The van der Waals surface area contributed by atoms with Crippen molar-refractivity contribution in [1.29, 1.82) is 0 Å². The minimum atomic E-state index is -0.360. The van der Waals surface area contributed by atoms with Crippen molar-refractivity contribution in [2.75, 3.05) is 13.7 Å². The van der Waals surface area contributed by atoms with Gasteiger partial charge in [-0.1, -0.05) is 37.1 Å².